The Labute approximate surface area is 130 Å². The molecule has 0 aromatic carbocycles. The molecule has 2 aliphatic heterocycles. The number of rotatable bonds is 3. The van der Waals surface area contributed by atoms with E-state index in [-0.39, 0.29) is 17.4 Å². The van der Waals surface area contributed by atoms with Crippen molar-refractivity contribution in [3.8, 4) is 0 Å². The molecule has 0 bridgehead atoms. The van der Waals surface area contributed by atoms with Crippen molar-refractivity contribution in [1.29, 1.82) is 0 Å². The molecular weight excluding hydrogens is 282 g/mol. The predicted molar refractivity (Wildman–Crippen MR) is 82.3 cm³/mol. The average Bonchev–Trinajstić information content (AvgIpc) is 3.00. The van der Waals surface area contributed by atoms with E-state index in [0.717, 1.165) is 45.8 Å². The molecule has 22 heavy (non-hydrogen) atoms. The number of hydrogen-bond donors (Lipinski definition) is 1. The maximum Gasteiger partial charge on any atom is 0.276 e. The standard InChI is InChI=1S/C15H23N5O2/c1-2-11-9-20(10-12(11)19-5-7-22-8-6-19)15(21)13-14(16)18-4-3-17-13/h3-4,11-12H,2,5-10H2,1H3,(H2,16,18)/t11-,12+/m0/s1. The van der Waals surface area contributed by atoms with E-state index in [9.17, 15) is 4.79 Å². The maximum absolute atomic E-state index is 12.7. The Morgan fingerprint density at radius 3 is 2.73 bits per heavy atom. The van der Waals surface area contributed by atoms with E-state index in [1.165, 1.54) is 12.4 Å². The molecule has 3 rings (SSSR count). The minimum absolute atomic E-state index is 0.111. The van der Waals surface area contributed by atoms with Crippen LogP contribution in [0.4, 0.5) is 5.82 Å². The van der Waals surface area contributed by atoms with Gasteiger partial charge in [0.05, 0.1) is 13.2 Å². The SMILES string of the molecule is CC[C@H]1CN(C(=O)c2nccnc2N)C[C@H]1N1CCOCC1. The summed E-state index contributed by atoms with van der Waals surface area (Å²) >= 11 is 0. The number of nitrogen functional groups attached to an aromatic ring is 1. The summed E-state index contributed by atoms with van der Waals surface area (Å²) in [7, 11) is 0. The van der Waals surface area contributed by atoms with Gasteiger partial charge >= 0.3 is 0 Å². The minimum atomic E-state index is -0.111. The Balaban J connectivity index is 1.73. The van der Waals surface area contributed by atoms with E-state index in [2.05, 4.69) is 21.8 Å². The zero-order valence-electron chi connectivity index (χ0n) is 12.9. The van der Waals surface area contributed by atoms with E-state index >= 15 is 0 Å². The molecule has 120 valence electrons. The van der Waals surface area contributed by atoms with Crippen molar-refractivity contribution in [2.75, 3.05) is 45.1 Å². The summed E-state index contributed by atoms with van der Waals surface area (Å²) in [4.78, 5) is 25.0. The van der Waals surface area contributed by atoms with Crippen LogP contribution in [0.3, 0.4) is 0 Å². The van der Waals surface area contributed by atoms with Gasteiger partial charge in [-0.1, -0.05) is 13.3 Å². The van der Waals surface area contributed by atoms with E-state index in [4.69, 9.17) is 10.5 Å². The number of carbonyl (C=O) groups excluding carboxylic acids is 1. The second-order valence-corrected chi connectivity index (χ2v) is 5.88. The lowest BCUT2D eigenvalue weighted by atomic mass is 9.99. The second kappa shape index (κ2) is 6.58. The van der Waals surface area contributed by atoms with Gasteiger partial charge in [0.2, 0.25) is 0 Å². The molecule has 2 aliphatic rings. The number of aromatic nitrogens is 2. The fraction of sp³-hybridized carbons (Fsp3) is 0.667. The van der Waals surface area contributed by atoms with Crippen molar-refractivity contribution in [3.05, 3.63) is 18.1 Å². The first kappa shape index (κ1) is 15.2. The van der Waals surface area contributed by atoms with Gasteiger partial charge in [-0.2, -0.15) is 0 Å². The Kier molecular flexibility index (Phi) is 4.54. The molecule has 7 nitrogen and oxygen atoms in total. The summed E-state index contributed by atoms with van der Waals surface area (Å²) in [6, 6.07) is 0.399. The van der Waals surface area contributed by atoms with Crippen molar-refractivity contribution in [1.82, 2.24) is 19.8 Å². The first-order valence-electron chi connectivity index (χ1n) is 7.88. The molecule has 1 aromatic rings. The Morgan fingerprint density at radius 2 is 2.05 bits per heavy atom. The van der Waals surface area contributed by atoms with Gasteiger partial charge in [0, 0.05) is 44.6 Å². The predicted octanol–water partition coefficient (Wildman–Crippen LogP) is 0.242. The van der Waals surface area contributed by atoms with Gasteiger partial charge in [-0.05, 0) is 5.92 Å². The Bertz CT molecular complexity index is 532. The summed E-state index contributed by atoms with van der Waals surface area (Å²) in [5.74, 6) is 0.579. The van der Waals surface area contributed by atoms with Crippen LogP contribution in [0.1, 0.15) is 23.8 Å². The van der Waals surface area contributed by atoms with E-state index in [1.54, 1.807) is 0 Å². The van der Waals surface area contributed by atoms with Crippen LogP contribution in [0.2, 0.25) is 0 Å². The van der Waals surface area contributed by atoms with Gasteiger partial charge < -0.3 is 15.4 Å². The van der Waals surface area contributed by atoms with Gasteiger partial charge in [-0.15, -0.1) is 0 Å². The fourth-order valence-electron chi connectivity index (χ4n) is 3.41. The molecule has 3 heterocycles. The summed E-state index contributed by atoms with van der Waals surface area (Å²) in [6.45, 7) is 7.10. The fourth-order valence-corrected chi connectivity index (χ4v) is 3.41. The number of amides is 1. The average molecular weight is 305 g/mol. The third kappa shape index (κ3) is 2.91. The molecule has 2 saturated heterocycles. The molecular formula is C15H23N5O2. The number of carbonyl (C=O) groups is 1. The molecule has 0 unspecified atom stereocenters. The van der Waals surface area contributed by atoms with Crippen LogP contribution in [0.25, 0.3) is 0 Å². The third-order valence-corrected chi connectivity index (χ3v) is 4.66. The lowest BCUT2D eigenvalue weighted by molar-refractivity contribution is 0.0102. The first-order chi connectivity index (χ1) is 10.7. The molecule has 2 fully saturated rings. The number of likely N-dealkylation sites (tertiary alicyclic amines) is 1. The monoisotopic (exact) mass is 305 g/mol. The van der Waals surface area contributed by atoms with Crippen LogP contribution in [0.5, 0.6) is 0 Å². The van der Waals surface area contributed by atoms with Gasteiger partial charge in [0.25, 0.3) is 5.91 Å². The minimum Gasteiger partial charge on any atom is -0.382 e. The summed E-state index contributed by atoms with van der Waals surface area (Å²) < 4.78 is 5.43. The highest BCUT2D eigenvalue weighted by atomic mass is 16.5. The van der Waals surface area contributed by atoms with Crippen molar-refractivity contribution in [3.63, 3.8) is 0 Å². The Hall–Kier alpha value is -1.73. The zero-order valence-corrected chi connectivity index (χ0v) is 12.9. The van der Waals surface area contributed by atoms with Gasteiger partial charge in [-0.25, -0.2) is 9.97 Å². The molecule has 2 atom stereocenters. The van der Waals surface area contributed by atoms with Gasteiger partial charge in [0.15, 0.2) is 11.5 Å². The molecule has 7 heteroatoms. The van der Waals surface area contributed by atoms with Gasteiger partial charge in [0.1, 0.15) is 0 Å². The van der Waals surface area contributed by atoms with Crippen LogP contribution in [0.15, 0.2) is 12.4 Å². The van der Waals surface area contributed by atoms with Crippen molar-refractivity contribution >= 4 is 11.7 Å². The molecule has 1 amide bonds. The number of anilines is 1. The largest absolute Gasteiger partial charge is 0.382 e. The zero-order chi connectivity index (χ0) is 15.5. The maximum atomic E-state index is 12.7. The number of nitrogens with two attached hydrogens (primary N) is 1. The smallest absolute Gasteiger partial charge is 0.276 e. The summed E-state index contributed by atoms with van der Waals surface area (Å²) in [5, 5.41) is 0. The van der Waals surface area contributed by atoms with E-state index in [1.807, 2.05) is 4.90 Å². The number of morpholine rings is 1. The van der Waals surface area contributed by atoms with Crippen LogP contribution in [-0.4, -0.2) is 71.1 Å². The van der Waals surface area contributed by atoms with Gasteiger partial charge in [-0.3, -0.25) is 9.69 Å². The molecule has 0 saturated carbocycles. The van der Waals surface area contributed by atoms with Crippen molar-refractivity contribution in [2.24, 2.45) is 5.92 Å². The molecule has 0 spiro atoms. The number of nitrogens with zero attached hydrogens (tertiary/aromatic N) is 4. The normalized spacial score (nSPS) is 26.3. The number of ether oxygens (including phenoxy) is 1. The van der Waals surface area contributed by atoms with E-state index < -0.39 is 0 Å². The lowest BCUT2D eigenvalue weighted by Gasteiger charge is -2.34. The Morgan fingerprint density at radius 1 is 1.32 bits per heavy atom. The van der Waals surface area contributed by atoms with Crippen molar-refractivity contribution < 1.29 is 9.53 Å². The lowest BCUT2D eigenvalue weighted by Crippen LogP contribution is -2.47. The number of hydrogen-bond acceptors (Lipinski definition) is 6. The molecule has 0 aliphatic carbocycles. The molecule has 1 aromatic heterocycles. The topological polar surface area (TPSA) is 84.6 Å². The van der Waals surface area contributed by atoms with Crippen LogP contribution >= 0.6 is 0 Å². The third-order valence-electron chi connectivity index (χ3n) is 4.66. The van der Waals surface area contributed by atoms with E-state index in [0.29, 0.717) is 12.0 Å². The second-order valence-electron chi connectivity index (χ2n) is 5.88. The summed E-state index contributed by atoms with van der Waals surface area (Å²) in [5.41, 5.74) is 6.05. The summed E-state index contributed by atoms with van der Waals surface area (Å²) in [6.07, 6.45) is 4.07. The highest BCUT2D eigenvalue weighted by Gasteiger charge is 2.39. The molecule has 2 N–H and O–H groups in total. The highest BCUT2D eigenvalue weighted by molar-refractivity contribution is 5.96. The quantitative estimate of drug-likeness (QED) is 0.861. The van der Waals surface area contributed by atoms with Crippen LogP contribution < -0.4 is 5.73 Å². The van der Waals surface area contributed by atoms with Crippen LogP contribution in [-0.2, 0) is 4.74 Å². The van der Waals surface area contributed by atoms with Crippen LogP contribution in [0, 0.1) is 5.92 Å². The highest BCUT2D eigenvalue weighted by Crippen LogP contribution is 2.27. The molecule has 0 radical (unpaired) electrons. The van der Waals surface area contributed by atoms with Crippen molar-refractivity contribution in [2.45, 2.75) is 19.4 Å². The first-order valence-corrected chi connectivity index (χ1v) is 7.88.